The summed E-state index contributed by atoms with van der Waals surface area (Å²) in [6, 6.07) is 1.88. The molecule has 0 saturated carbocycles. The molecule has 0 fully saturated rings. The van der Waals surface area contributed by atoms with Crippen molar-refractivity contribution in [3.63, 3.8) is 0 Å². The van der Waals surface area contributed by atoms with Gasteiger partial charge in [-0.05, 0) is 6.07 Å². The van der Waals surface area contributed by atoms with E-state index in [0.29, 0.717) is 12.1 Å². The van der Waals surface area contributed by atoms with Crippen molar-refractivity contribution in [2.45, 2.75) is 11.0 Å². The van der Waals surface area contributed by atoms with E-state index in [1.807, 2.05) is 0 Å². The zero-order valence-corrected chi connectivity index (χ0v) is 10.5. The van der Waals surface area contributed by atoms with Gasteiger partial charge in [-0.1, -0.05) is 0 Å². The van der Waals surface area contributed by atoms with Gasteiger partial charge in [0.15, 0.2) is 6.10 Å². The lowest BCUT2D eigenvalue weighted by Crippen LogP contribution is -2.36. The van der Waals surface area contributed by atoms with Crippen LogP contribution in [0.5, 0.6) is 0 Å². The fourth-order valence-electron chi connectivity index (χ4n) is 1.16. The van der Waals surface area contributed by atoms with Gasteiger partial charge >= 0.3 is 11.7 Å². The molecule has 3 N–H and O–H groups in total. The Kier molecular flexibility index (Phi) is 4.70. The Morgan fingerprint density at radius 3 is 2.55 bits per heavy atom. The molecular formula is C9H9FN2O7S. The van der Waals surface area contributed by atoms with Crippen LogP contribution in [-0.4, -0.2) is 42.2 Å². The average molecular weight is 308 g/mol. The molecule has 0 spiro atoms. The van der Waals surface area contributed by atoms with Crippen LogP contribution >= 0.6 is 0 Å². The minimum absolute atomic E-state index is 0.424. The van der Waals surface area contributed by atoms with Crippen molar-refractivity contribution in [2.24, 2.45) is 0 Å². The number of hydrogen-bond acceptors (Lipinski definition) is 6. The Morgan fingerprint density at radius 1 is 1.50 bits per heavy atom. The maximum Gasteiger partial charge on any atom is 0.333 e. The van der Waals surface area contributed by atoms with Gasteiger partial charge in [-0.3, -0.25) is 10.1 Å². The number of aliphatic hydroxyl groups excluding tert-OH is 1. The summed E-state index contributed by atoms with van der Waals surface area (Å²) >= 11 is 0. The van der Waals surface area contributed by atoms with Gasteiger partial charge in [-0.2, -0.15) is 4.39 Å². The summed E-state index contributed by atoms with van der Waals surface area (Å²) in [5.41, 5.74) is -0.894. The lowest BCUT2D eigenvalue weighted by Gasteiger charge is -2.08. The third kappa shape index (κ3) is 3.69. The third-order valence-corrected chi connectivity index (χ3v) is 3.60. The average Bonchev–Trinajstić information content (AvgIpc) is 2.35. The Labute approximate surface area is 111 Å². The SMILES string of the molecule is O=C(O)[C@@H](O)CNS(=O)(=O)c1ccc([N+](=O)[O-])c(F)c1. The summed E-state index contributed by atoms with van der Waals surface area (Å²) < 4.78 is 38.3. The summed E-state index contributed by atoms with van der Waals surface area (Å²) in [5.74, 6) is -2.99. The van der Waals surface area contributed by atoms with Gasteiger partial charge in [0.1, 0.15) is 0 Å². The third-order valence-electron chi connectivity index (χ3n) is 2.18. The lowest BCUT2D eigenvalue weighted by molar-refractivity contribution is -0.387. The van der Waals surface area contributed by atoms with Crippen molar-refractivity contribution in [2.75, 3.05) is 6.54 Å². The molecule has 1 rings (SSSR count). The number of carboxylic acid groups (broad SMARTS) is 1. The van der Waals surface area contributed by atoms with Crippen LogP contribution in [0.4, 0.5) is 10.1 Å². The molecule has 110 valence electrons. The predicted molar refractivity (Wildman–Crippen MR) is 61.9 cm³/mol. The number of hydrogen-bond donors (Lipinski definition) is 3. The van der Waals surface area contributed by atoms with Crippen molar-refractivity contribution in [1.82, 2.24) is 4.72 Å². The van der Waals surface area contributed by atoms with Crippen LogP contribution in [0, 0.1) is 15.9 Å². The summed E-state index contributed by atoms with van der Waals surface area (Å²) in [6.07, 6.45) is -1.97. The van der Waals surface area contributed by atoms with E-state index < -0.39 is 50.0 Å². The minimum Gasteiger partial charge on any atom is -0.479 e. The number of benzene rings is 1. The summed E-state index contributed by atoms with van der Waals surface area (Å²) in [4.78, 5) is 19.0. The highest BCUT2D eigenvalue weighted by Gasteiger charge is 2.22. The van der Waals surface area contributed by atoms with Gasteiger partial charge in [-0.15, -0.1) is 0 Å². The molecule has 9 nitrogen and oxygen atoms in total. The van der Waals surface area contributed by atoms with E-state index in [1.54, 1.807) is 4.72 Å². The van der Waals surface area contributed by atoms with E-state index in [-0.39, 0.29) is 0 Å². The molecule has 0 aliphatic rings. The zero-order valence-electron chi connectivity index (χ0n) is 9.69. The quantitative estimate of drug-likeness (QED) is 0.472. The van der Waals surface area contributed by atoms with Crippen LogP contribution in [0.2, 0.25) is 0 Å². The second kappa shape index (κ2) is 5.90. The van der Waals surface area contributed by atoms with Crippen LogP contribution in [0.1, 0.15) is 0 Å². The highest BCUT2D eigenvalue weighted by molar-refractivity contribution is 7.89. The Morgan fingerprint density at radius 2 is 2.10 bits per heavy atom. The van der Waals surface area contributed by atoms with Crippen molar-refractivity contribution in [3.8, 4) is 0 Å². The van der Waals surface area contributed by atoms with E-state index in [9.17, 15) is 27.7 Å². The van der Waals surface area contributed by atoms with Gasteiger partial charge in [0.25, 0.3) is 0 Å². The Hall–Kier alpha value is -2.11. The van der Waals surface area contributed by atoms with Gasteiger partial charge in [0, 0.05) is 18.7 Å². The molecule has 0 aliphatic carbocycles. The fourth-order valence-corrected chi connectivity index (χ4v) is 2.21. The standard InChI is InChI=1S/C9H9FN2O7S/c10-6-3-5(1-2-7(6)12(16)17)20(18,19)11-4-8(13)9(14)15/h1-3,8,11,13H,4H2,(H,14,15)/t8-/m0/s1. The van der Waals surface area contributed by atoms with Crippen LogP contribution < -0.4 is 4.72 Å². The molecule has 0 aromatic heterocycles. The first-order valence-electron chi connectivity index (χ1n) is 4.99. The van der Waals surface area contributed by atoms with E-state index in [1.165, 1.54) is 0 Å². The molecule has 1 aromatic rings. The van der Waals surface area contributed by atoms with Gasteiger partial charge in [-0.25, -0.2) is 17.9 Å². The first-order valence-corrected chi connectivity index (χ1v) is 6.48. The number of nitrogens with one attached hydrogen (secondary N) is 1. The van der Waals surface area contributed by atoms with Gasteiger partial charge in [0.2, 0.25) is 15.8 Å². The highest BCUT2D eigenvalue weighted by Crippen LogP contribution is 2.20. The summed E-state index contributed by atoms with van der Waals surface area (Å²) in [7, 11) is -4.29. The van der Waals surface area contributed by atoms with Crippen molar-refractivity contribution in [1.29, 1.82) is 0 Å². The number of carbonyl (C=O) groups is 1. The molecule has 20 heavy (non-hydrogen) atoms. The number of nitro benzene ring substituents is 1. The number of rotatable bonds is 6. The number of halogens is 1. The monoisotopic (exact) mass is 308 g/mol. The molecular weight excluding hydrogens is 299 g/mol. The smallest absolute Gasteiger partial charge is 0.333 e. The molecule has 11 heteroatoms. The zero-order chi connectivity index (χ0) is 15.5. The highest BCUT2D eigenvalue weighted by atomic mass is 32.2. The van der Waals surface area contributed by atoms with Gasteiger partial charge < -0.3 is 10.2 Å². The first kappa shape index (κ1) is 15.9. The number of nitro groups is 1. The number of aliphatic hydroxyl groups is 1. The molecule has 1 aromatic carbocycles. The van der Waals surface area contributed by atoms with Crippen molar-refractivity contribution >= 4 is 21.7 Å². The molecule has 0 saturated heterocycles. The van der Waals surface area contributed by atoms with Crippen LogP contribution in [-0.2, 0) is 14.8 Å². The molecule has 0 unspecified atom stereocenters. The molecule has 1 atom stereocenters. The van der Waals surface area contributed by atoms with Crippen molar-refractivity contribution in [3.05, 3.63) is 34.1 Å². The maximum atomic E-state index is 13.3. The number of nitrogens with zero attached hydrogens (tertiary/aromatic N) is 1. The topological polar surface area (TPSA) is 147 Å². The van der Waals surface area contributed by atoms with E-state index >= 15 is 0 Å². The molecule has 0 aliphatic heterocycles. The second-order valence-electron chi connectivity index (χ2n) is 3.58. The molecule has 0 bridgehead atoms. The van der Waals surface area contributed by atoms with Crippen molar-refractivity contribution < 1.29 is 32.7 Å². The number of sulfonamides is 1. The minimum atomic E-state index is -4.29. The Balaban J connectivity index is 2.96. The lowest BCUT2D eigenvalue weighted by atomic mass is 10.3. The van der Waals surface area contributed by atoms with Crippen LogP contribution in [0.3, 0.4) is 0 Å². The predicted octanol–water partition coefficient (Wildman–Crippen LogP) is -0.542. The largest absolute Gasteiger partial charge is 0.479 e. The number of carboxylic acids is 1. The van der Waals surface area contributed by atoms with E-state index in [2.05, 4.69) is 0 Å². The Bertz CT molecular complexity index is 646. The number of aliphatic carboxylic acids is 1. The summed E-state index contributed by atoms with van der Waals surface area (Å²) in [6.45, 7) is -0.823. The van der Waals surface area contributed by atoms with Gasteiger partial charge in [0.05, 0.1) is 9.82 Å². The first-order chi connectivity index (χ1) is 9.15. The summed E-state index contributed by atoms with van der Waals surface area (Å²) in [5, 5.41) is 27.7. The molecule has 0 radical (unpaired) electrons. The fraction of sp³-hybridized carbons (Fsp3) is 0.222. The molecule has 0 heterocycles. The molecule has 0 amide bonds. The van der Waals surface area contributed by atoms with Crippen LogP contribution in [0.15, 0.2) is 23.1 Å². The van der Waals surface area contributed by atoms with E-state index in [4.69, 9.17) is 10.2 Å². The normalized spacial score (nSPS) is 12.9. The van der Waals surface area contributed by atoms with Crippen LogP contribution in [0.25, 0.3) is 0 Å². The maximum absolute atomic E-state index is 13.3. The van der Waals surface area contributed by atoms with E-state index in [0.717, 1.165) is 6.07 Å². The second-order valence-corrected chi connectivity index (χ2v) is 5.34.